The predicted octanol–water partition coefficient (Wildman–Crippen LogP) is 2.52. The molecular formula is C19H20ClNO4S. The number of fused-ring (bicyclic) bond motifs is 1. The van der Waals surface area contributed by atoms with E-state index < -0.39 is 10.0 Å². The Bertz CT molecular complexity index is 910. The van der Waals surface area contributed by atoms with Crippen LogP contribution in [0.5, 0.6) is 0 Å². The van der Waals surface area contributed by atoms with Crippen LogP contribution in [0.3, 0.4) is 0 Å². The molecule has 0 heterocycles. The molecule has 2 N–H and O–H groups in total. The predicted molar refractivity (Wildman–Crippen MR) is 100 cm³/mol. The SMILES string of the molecule is O=Cc1cc(CCO)cc2c1CCC(NS(=O)(=O)c1ccc(Cl)cc1)C2. The van der Waals surface area contributed by atoms with E-state index in [4.69, 9.17) is 16.7 Å². The zero-order valence-electron chi connectivity index (χ0n) is 14.1. The molecule has 1 aliphatic carbocycles. The van der Waals surface area contributed by atoms with E-state index in [1.807, 2.05) is 6.07 Å². The first-order valence-corrected chi connectivity index (χ1v) is 10.3. The Morgan fingerprint density at radius 2 is 1.96 bits per heavy atom. The van der Waals surface area contributed by atoms with Gasteiger partial charge in [-0.25, -0.2) is 13.1 Å². The van der Waals surface area contributed by atoms with Crippen molar-refractivity contribution in [3.63, 3.8) is 0 Å². The molecule has 26 heavy (non-hydrogen) atoms. The van der Waals surface area contributed by atoms with Crippen molar-refractivity contribution in [1.29, 1.82) is 0 Å². The second-order valence-electron chi connectivity index (χ2n) is 6.43. The highest BCUT2D eigenvalue weighted by molar-refractivity contribution is 7.89. The van der Waals surface area contributed by atoms with Gasteiger partial charge in [-0.3, -0.25) is 4.79 Å². The quantitative estimate of drug-likeness (QED) is 0.739. The number of hydrogen-bond donors (Lipinski definition) is 2. The summed E-state index contributed by atoms with van der Waals surface area (Å²) in [7, 11) is -3.63. The molecule has 0 bridgehead atoms. The summed E-state index contributed by atoms with van der Waals surface area (Å²) in [6, 6.07) is 9.57. The molecule has 0 amide bonds. The molecule has 5 nitrogen and oxygen atoms in total. The average molecular weight is 394 g/mol. The van der Waals surface area contributed by atoms with Gasteiger partial charge in [0.2, 0.25) is 10.0 Å². The molecule has 0 aliphatic heterocycles. The van der Waals surface area contributed by atoms with Crippen LogP contribution in [-0.2, 0) is 29.3 Å². The molecule has 3 rings (SSSR count). The monoisotopic (exact) mass is 393 g/mol. The Hall–Kier alpha value is -1.73. The van der Waals surface area contributed by atoms with Crippen LogP contribution in [0.2, 0.25) is 5.02 Å². The second-order valence-corrected chi connectivity index (χ2v) is 8.58. The van der Waals surface area contributed by atoms with Crippen molar-refractivity contribution in [2.45, 2.75) is 36.6 Å². The van der Waals surface area contributed by atoms with Crippen LogP contribution < -0.4 is 4.72 Å². The fourth-order valence-corrected chi connectivity index (χ4v) is 4.77. The maximum atomic E-state index is 12.6. The van der Waals surface area contributed by atoms with Gasteiger partial charge in [0.05, 0.1) is 4.90 Å². The van der Waals surface area contributed by atoms with E-state index in [9.17, 15) is 13.2 Å². The Morgan fingerprint density at radius 3 is 2.62 bits per heavy atom. The van der Waals surface area contributed by atoms with Gasteiger partial charge in [-0.1, -0.05) is 17.7 Å². The fraction of sp³-hybridized carbons (Fsp3) is 0.316. The van der Waals surface area contributed by atoms with E-state index in [0.717, 1.165) is 23.0 Å². The standard InChI is InChI=1S/C19H20ClNO4S/c20-16-1-4-18(5-2-16)26(24,25)21-17-3-6-19-14(11-17)9-13(7-8-22)10-15(19)12-23/h1-2,4-5,9-10,12,17,21-22H,3,6-8,11H2. The van der Waals surface area contributed by atoms with Gasteiger partial charge in [0, 0.05) is 23.2 Å². The molecule has 0 radical (unpaired) electrons. The van der Waals surface area contributed by atoms with E-state index in [1.54, 1.807) is 18.2 Å². The third-order valence-corrected chi connectivity index (χ3v) is 6.41. The van der Waals surface area contributed by atoms with Gasteiger partial charge in [-0.05, 0) is 72.7 Å². The summed E-state index contributed by atoms with van der Waals surface area (Å²) >= 11 is 5.82. The lowest BCUT2D eigenvalue weighted by molar-refractivity contribution is 0.112. The van der Waals surface area contributed by atoms with Gasteiger partial charge in [0.1, 0.15) is 6.29 Å². The smallest absolute Gasteiger partial charge is 0.240 e. The molecule has 0 aromatic heterocycles. The largest absolute Gasteiger partial charge is 0.396 e. The number of carbonyl (C=O) groups excluding carboxylic acids is 1. The zero-order chi connectivity index (χ0) is 18.7. The van der Waals surface area contributed by atoms with Gasteiger partial charge in [-0.15, -0.1) is 0 Å². The third kappa shape index (κ3) is 4.15. The Balaban J connectivity index is 1.82. The van der Waals surface area contributed by atoms with Gasteiger partial charge >= 0.3 is 0 Å². The molecule has 1 atom stereocenters. The molecule has 138 valence electrons. The van der Waals surface area contributed by atoms with Crippen LogP contribution in [-0.4, -0.2) is 32.5 Å². The molecule has 0 fully saturated rings. The van der Waals surface area contributed by atoms with Gasteiger partial charge in [0.15, 0.2) is 0 Å². The summed E-state index contributed by atoms with van der Waals surface area (Å²) in [5.74, 6) is 0. The number of aldehydes is 1. The van der Waals surface area contributed by atoms with Crippen LogP contribution >= 0.6 is 11.6 Å². The maximum Gasteiger partial charge on any atom is 0.240 e. The minimum atomic E-state index is -3.63. The number of halogens is 1. The first-order valence-electron chi connectivity index (χ1n) is 8.41. The summed E-state index contributed by atoms with van der Waals surface area (Å²) in [6.07, 6.45) is 3.08. The molecule has 0 saturated heterocycles. The Kier molecular flexibility index (Phi) is 5.77. The number of rotatable bonds is 6. The second kappa shape index (κ2) is 7.88. The zero-order valence-corrected chi connectivity index (χ0v) is 15.7. The highest BCUT2D eigenvalue weighted by Crippen LogP contribution is 2.27. The number of nitrogens with one attached hydrogen (secondary N) is 1. The fourth-order valence-electron chi connectivity index (χ4n) is 3.38. The molecule has 0 saturated carbocycles. The number of sulfonamides is 1. The van der Waals surface area contributed by atoms with E-state index in [-0.39, 0.29) is 17.5 Å². The van der Waals surface area contributed by atoms with Crippen molar-refractivity contribution in [1.82, 2.24) is 4.72 Å². The molecular weight excluding hydrogens is 374 g/mol. The average Bonchev–Trinajstić information content (AvgIpc) is 2.61. The highest BCUT2D eigenvalue weighted by atomic mass is 35.5. The van der Waals surface area contributed by atoms with Crippen molar-refractivity contribution >= 4 is 27.9 Å². The summed E-state index contributed by atoms with van der Waals surface area (Å²) in [4.78, 5) is 11.5. The third-order valence-electron chi connectivity index (χ3n) is 4.62. The summed E-state index contributed by atoms with van der Waals surface area (Å²) in [6.45, 7) is 0.00368. The molecule has 1 aliphatic rings. The Morgan fingerprint density at radius 1 is 1.23 bits per heavy atom. The Labute approximate surface area is 158 Å². The number of aliphatic hydroxyl groups is 1. The highest BCUT2D eigenvalue weighted by Gasteiger charge is 2.26. The molecule has 2 aromatic rings. The van der Waals surface area contributed by atoms with Crippen LogP contribution in [0, 0.1) is 0 Å². The van der Waals surface area contributed by atoms with E-state index in [1.165, 1.54) is 12.1 Å². The van der Waals surface area contributed by atoms with Gasteiger partial charge in [0.25, 0.3) is 0 Å². The van der Waals surface area contributed by atoms with Crippen LogP contribution in [0.1, 0.15) is 33.5 Å². The van der Waals surface area contributed by atoms with Gasteiger partial charge < -0.3 is 5.11 Å². The van der Waals surface area contributed by atoms with Crippen molar-refractivity contribution in [3.8, 4) is 0 Å². The van der Waals surface area contributed by atoms with E-state index >= 15 is 0 Å². The number of hydrogen-bond acceptors (Lipinski definition) is 4. The lowest BCUT2D eigenvalue weighted by atomic mass is 9.84. The minimum Gasteiger partial charge on any atom is -0.396 e. The summed E-state index contributed by atoms with van der Waals surface area (Å²) in [5, 5.41) is 9.63. The lowest BCUT2D eigenvalue weighted by Crippen LogP contribution is -2.39. The van der Waals surface area contributed by atoms with E-state index in [0.29, 0.717) is 36.3 Å². The van der Waals surface area contributed by atoms with E-state index in [2.05, 4.69) is 4.72 Å². The van der Waals surface area contributed by atoms with Crippen molar-refractivity contribution in [2.75, 3.05) is 6.61 Å². The number of carbonyl (C=O) groups is 1. The number of aliphatic hydroxyl groups excluding tert-OH is 1. The van der Waals surface area contributed by atoms with Crippen molar-refractivity contribution in [3.05, 3.63) is 63.7 Å². The molecule has 7 heteroatoms. The lowest BCUT2D eigenvalue weighted by Gasteiger charge is -2.27. The first-order chi connectivity index (χ1) is 12.4. The summed E-state index contributed by atoms with van der Waals surface area (Å²) < 4.78 is 27.9. The van der Waals surface area contributed by atoms with Gasteiger partial charge in [-0.2, -0.15) is 0 Å². The number of benzene rings is 2. The van der Waals surface area contributed by atoms with Crippen LogP contribution in [0.15, 0.2) is 41.3 Å². The normalized spacial score (nSPS) is 16.9. The minimum absolute atomic E-state index is 0.00368. The van der Waals surface area contributed by atoms with Crippen LogP contribution in [0.4, 0.5) is 0 Å². The van der Waals surface area contributed by atoms with Crippen molar-refractivity contribution in [2.24, 2.45) is 0 Å². The molecule has 0 spiro atoms. The summed E-state index contributed by atoms with van der Waals surface area (Å²) in [5.41, 5.74) is 3.45. The maximum absolute atomic E-state index is 12.6. The van der Waals surface area contributed by atoms with Crippen molar-refractivity contribution < 1.29 is 18.3 Å². The molecule has 1 unspecified atom stereocenters. The van der Waals surface area contributed by atoms with Crippen LogP contribution in [0.25, 0.3) is 0 Å². The first kappa shape index (κ1) is 19.0. The molecule has 2 aromatic carbocycles. The topological polar surface area (TPSA) is 83.5 Å².